The number of aromatic nitrogens is 5. The molecule has 0 saturated carbocycles. The molecule has 0 aromatic carbocycles. The van der Waals surface area contributed by atoms with E-state index in [1.807, 2.05) is 0 Å². The van der Waals surface area contributed by atoms with Crippen LogP contribution >= 0.6 is 0 Å². The number of halogens is 1. The van der Waals surface area contributed by atoms with E-state index in [4.69, 9.17) is 9.26 Å². The lowest BCUT2D eigenvalue weighted by Crippen LogP contribution is -2.25. The Bertz CT molecular complexity index is 955. The Morgan fingerprint density at radius 2 is 2.31 bits per heavy atom. The van der Waals surface area contributed by atoms with Gasteiger partial charge in [0.15, 0.2) is 11.5 Å². The van der Waals surface area contributed by atoms with E-state index >= 15 is 0 Å². The van der Waals surface area contributed by atoms with Gasteiger partial charge in [-0.25, -0.2) is 18.7 Å². The Morgan fingerprint density at radius 1 is 1.46 bits per heavy atom. The molecule has 10 heteroatoms. The highest BCUT2D eigenvalue weighted by Gasteiger charge is 2.37. The summed E-state index contributed by atoms with van der Waals surface area (Å²) in [4.78, 5) is 22.6. The topological polar surface area (TPSA) is 98.7 Å². The van der Waals surface area contributed by atoms with Crippen LogP contribution in [-0.4, -0.2) is 50.0 Å². The van der Waals surface area contributed by atoms with E-state index in [0.717, 1.165) is 0 Å². The quantitative estimate of drug-likeness (QED) is 0.651. The van der Waals surface area contributed by atoms with Gasteiger partial charge >= 0.3 is 5.97 Å². The van der Waals surface area contributed by atoms with Crippen LogP contribution in [0.2, 0.25) is 0 Å². The second kappa shape index (κ2) is 6.36. The second-order valence-electron chi connectivity index (χ2n) is 6.01. The Labute approximate surface area is 147 Å². The molecule has 1 fully saturated rings. The number of alkyl halides is 1. The molecule has 0 spiro atoms. The van der Waals surface area contributed by atoms with Crippen molar-refractivity contribution in [2.75, 3.05) is 18.1 Å². The van der Waals surface area contributed by atoms with Gasteiger partial charge < -0.3 is 14.2 Å². The third-order valence-electron chi connectivity index (χ3n) is 4.22. The van der Waals surface area contributed by atoms with Crippen molar-refractivity contribution in [1.29, 1.82) is 0 Å². The molecule has 1 aliphatic rings. The number of hydrogen-bond donors (Lipinski definition) is 0. The highest BCUT2D eigenvalue weighted by atomic mass is 19.1. The normalized spacial score (nSPS) is 20.0. The van der Waals surface area contributed by atoms with Crippen molar-refractivity contribution in [3.8, 4) is 0 Å². The third kappa shape index (κ3) is 2.76. The maximum absolute atomic E-state index is 14.1. The first-order valence-electron chi connectivity index (χ1n) is 8.29. The van der Waals surface area contributed by atoms with Crippen molar-refractivity contribution < 1.29 is 18.4 Å². The van der Waals surface area contributed by atoms with Gasteiger partial charge in [0.1, 0.15) is 23.6 Å². The SMILES string of the molecule is CCOC(=O)c1cnn2ccc(N3C[C@@H](F)C[C@@H]3c3nc(C)no3)nc12. The second-order valence-corrected chi connectivity index (χ2v) is 6.01. The van der Waals surface area contributed by atoms with Crippen LogP contribution in [0.15, 0.2) is 23.0 Å². The first-order valence-corrected chi connectivity index (χ1v) is 8.29. The monoisotopic (exact) mass is 360 g/mol. The maximum Gasteiger partial charge on any atom is 0.343 e. The molecule has 2 atom stereocenters. The first kappa shape index (κ1) is 16.4. The summed E-state index contributed by atoms with van der Waals surface area (Å²) >= 11 is 0. The van der Waals surface area contributed by atoms with Crippen molar-refractivity contribution >= 4 is 17.4 Å². The molecule has 9 nitrogen and oxygen atoms in total. The van der Waals surface area contributed by atoms with Crippen LogP contribution in [-0.2, 0) is 4.74 Å². The molecule has 136 valence electrons. The Balaban J connectivity index is 1.73. The average molecular weight is 360 g/mol. The average Bonchev–Trinajstić information content (AvgIpc) is 3.32. The van der Waals surface area contributed by atoms with E-state index in [-0.39, 0.29) is 25.1 Å². The van der Waals surface area contributed by atoms with Crippen LogP contribution < -0.4 is 4.90 Å². The van der Waals surface area contributed by atoms with Gasteiger partial charge in [0.25, 0.3) is 0 Å². The summed E-state index contributed by atoms with van der Waals surface area (Å²) in [5.74, 6) is 0.847. The summed E-state index contributed by atoms with van der Waals surface area (Å²) in [6.45, 7) is 3.84. The van der Waals surface area contributed by atoms with Crippen molar-refractivity contribution in [3.05, 3.63) is 35.7 Å². The molecular formula is C16H17FN6O3. The van der Waals surface area contributed by atoms with Gasteiger partial charge in [-0.3, -0.25) is 0 Å². The molecule has 0 bridgehead atoms. The van der Waals surface area contributed by atoms with Crippen LogP contribution in [0, 0.1) is 6.92 Å². The molecule has 0 unspecified atom stereocenters. The molecule has 26 heavy (non-hydrogen) atoms. The Morgan fingerprint density at radius 3 is 3.04 bits per heavy atom. The first-order chi connectivity index (χ1) is 12.6. The zero-order valence-corrected chi connectivity index (χ0v) is 14.3. The molecule has 0 N–H and O–H groups in total. The van der Waals surface area contributed by atoms with Crippen molar-refractivity contribution in [2.45, 2.75) is 32.5 Å². The van der Waals surface area contributed by atoms with Gasteiger partial charge in [0.05, 0.1) is 19.3 Å². The fourth-order valence-electron chi connectivity index (χ4n) is 3.09. The van der Waals surface area contributed by atoms with Gasteiger partial charge in [0, 0.05) is 12.6 Å². The number of esters is 1. The number of nitrogens with zero attached hydrogens (tertiary/aromatic N) is 6. The van der Waals surface area contributed by atoms with Crippen molar-refractivity contribution in [3.63, 3.8) is 0 Å². The van der Waals surface area contributed by atoms with E-state index in [1.54, 1.807) is 31.0 Å². The van der Waals surface area contributed by atoms with Gasteiger partial charge in [-0.15, -0.1) is 0 Å². The molecule has 1 saturated heterocycles. The summed E-state index contributed by atoms with van der Waals surface area (Å²) < 4.78 is 25.8. The summed E-state index contributed by atoms with van der Waals surface area (Å²) in [5.41, 5.74) is 0.610. The lowest BCUT2D eigenvalue weighted by atomic mass is 10.2. The number of rotatable bonds is 4. The van der Waals surface area contributed by atoms with Crippen LogP contribution in [0.1, 0.15) is 41.5 Å². The van der Waals surface area contributed by atoms with Crippen LogP contribution in [0.25, 0.3) is 5.65 Å². The van der Waals surface area contributed by atoms with Gasteiger partial charge in [-0.2, -0.15) is 10.1 Å². The molecule has 4 rings (SSSR count). The molecule has 0 aliphatic carbocycles. The number of fused-ring (bicyclic) bond motifs is 1. The number of carbonyl (C=O) groups excluding carboxylic acids is 1. The molecular weight excluding hydrogens is 343 g/mol. The number of ether oxygens (including phenoxy) is 1. The zero-order chi connectivity index (χ0) is 18.3. The molecule has 3 aromatic rings. The minimum absolute atomic E-state index is 0.151. The van der Waals surface area contributed by atoms with E-state index < -0.39 is 18.2 Å². The predicted molar refractivity (Wildman–Crippen MR) is 87.6 cm³/mol. The highest BCUT2D eigenvalue weighted by molar-refractivity contribution is 5.95. The third-order valence-corrected chi connectivity index (χ3v) is 4.22. The molecule has 1 aliphatic heterocycles. The molecule has 4 heterocycles. The summed E-state index contributed by atoms with van der Waals surface area (Å²) in [6, 6.07) is 1.30. The van der Waals surface area contributed by atoms with E-state index in [1.165, 1.54) is 10.7 Å². The molecule has 0 amide bonds. The van der Waals surface area contributed by atoms with E-state index in [9.17, 15) is 9.18 Å². The largest absolute Gasteiger partial charge is 0.462 e. The summed E-state index contributed by atoms with van der Waals surface area (Å²) in [5, 5.41) is 7.89. The number of aryl methyl sites for hydroxylation is 1. The molecule has 0 radical (unpaired) electrons. The predicted octanol–water partition coefficient (Wildman–Crippen LogP) is 1.89. The van der Waals surface area contributed by atoms with Crippen LogP contribution in [0.3, 0.4) is 0 Å². The maximum atomic E-state index is 14.1. The van der Waals surface area contributed by atoms with Crippen LogP contribution in [0.5, 0.6) is 0 Å². The van der Waals surface area contributed by atoms with Crippen molar-refractivity contribution in [1.82, 2.24) is 24.7 Å². The minimum atomic E-state index is -1.04. The highest BCUT2D eigenvalue weighted by Crippen LogP contribution is 2.36. The lowest BCUT2D eigenvalue weighted by molar-refractivity contribution is 0.0528. The number of hydrogen-bond acceptors (Lipinski definition) is 8. The smallest absolute Gasteiger partial charge is 0.343 e. The van der Waals surface area contributed by atoms with Crippen molar-refractivity contribution in [2.24, 2.45) is 0 Å². The fourth-order valence-corrected chi connectivity index (χ4v) is 3.09. The summed E-state index contributed by atoms with van der Waals surface area (Å²) in [7, 11) is 0. The Hall–Kier alpha value is -3.04. The Kier molecular flexibility index (Phi) is 4.02. The van der Waals surface area contributed by atoms with E-state index in [2.05, 4.69) is 20.2 Å². The summed E-state index contributed by atoms with van der Waals surface area (Å²) in [6.07, 6.45) is 2.27. The zero-order valence-electron chi connectivity index (χ0n) is 14.3. The van der Waals surface area contributed by atoms with E-state index in [0.29, 0.717) is 23.2 Å². The lowest BCUT2D eigenvalue weighted by Gasteiger charge is -2.22. The minimum Gasteiger partial charge on any atom is -0.462 e. The fraction of sp³-hybridized carbons (Fsp3) is 0.438. The number of anilines is 1. The standard InChI is InChI=1S/C16H17FN6O3/c1-3-25-16(24)11-7-18-23-5-4-13(20-14(11)23)22-8-10(17)6-12(22)15-19-9(2)21-26-15/h4-5,7,10,12H,3,6,8H2,1-2H3/t10-,12+/m0/s1. The van der Waals surface area contributed by atoms with Gasteiger partial charge in [-0.05, 0) is 19.9 Å². The van der Waals surface area contributed by atoms with Crippen LogP contribution in [0.4, 0.5) is 10.2 Å². The van der Waals surface area contributed by atoms with Gasteiger partial charge in [0.2, 0.25) is 5.89 Å². The van der Waals surface area contributed by atoms with Gasteiger partial charge in [-0.1, -0.05) is 5.16 Å². The molecule has 3 aromatic heterocycles. The number of carbonyl (C=O) groups is 1.